The Kier molecular flexibility index (Phi) is 4.84. The topological polar surface area (TPSA) is 119 Å². The Morgan fingerprint density at radius 1 is 1.08 bits per heavy atom. The normalized spacial score (nSPS) is 10.3. The van der Waals surface area contributed by atoms with E-state index < -0.39 is 18.5 Å². The number of para-hydroxylation sites is 1. The molecule has 0 unspecified atom stereocenters. The summed E-state index contributed by atoms with van der Waals surface area (Å²) in [6.07, 6.45) is 0. The third-order valence-corrected chi connectivity index (χ3v) is 3.49. The third kappa shape index (κ3) is 3.99. The molecule has 3 rings (SSSR count). The van der Waals surface area contributed by atoms with Crippen molar-refractivity contribution in [3.63, 3.8) is 0 Å². The maximum atomic E-state index is 12.0. The first-order chi connectivity index (χ1) is 12.5. The maximum Gasteiger partial charge on any atom is 0.338 e. The van der Waals surface area contributed by atoms with E-state index >= 15 is 0 Å². The highest BCUT2D eigenvalue weighted by molar-refractivity contribution is 5.95. The van der Waals surface area contributed by atoms with E-state index in [2.05, 4.69) is 10.4 Å². The van der Waals surface area contributed by atoms with Crippen LogP contribution >= 0.6 is 0 Å². The number of amides is 1. The first-order valence-electron chi connectivity index (χ1n) is 7.73. The van der Waals surface area contributed by atoms with Crippen molar-refractivity contribution in [1.82, 2.24) is 9.78 Å². The number of nitrogen functional groups attached to an aromatic ring is 1. The first-order valence-corrected chi connectivity index (χ1v) is 7.73. The fourth-order valence-electron chi connectivity index (χ4n) is 2.25. The minimum Gasteiger partial charge on any atom is -0.452 e. The summed E-state index contributed by atoms with van der Waals surface area (Å²) in [7, 11) is 0. The van der Waals surface area contributed by atoms with Crippen LogP contribution in [0, 0.1) is 0 Å². The van der Waals surface area contributed by atoms with Gasteiger partial charge in [-0.15, -0.1) is 0 Å². The minimum absolute atomic E-state index is 0.201. The van der Waals surface area contributed by atoms with Gasteiger partial charge in [0.1, 0.15) is 5.82 Å². The minimum atomic E-state index is -0.643. The summed E-state index contributed by atoms with van der Waals surface area (Å²) in [5.41, 5.74) is 6.66. The van der Waals surface area contributed by atoms with Crippen LogP contribution in [0.4, 0.5) is 11.5 Å². The number of nitrogens with zero attached hydrogens (tertiary/aromatic N) is 1. The van der Waals surface area contributed by atoms with Crippen molar-refractivity contribution in [2.75, 3.05) is 17.7 Å². The molecule has 8 heteroatoms. The number of ether oxygens (including phenoxy) is 1. The van der Waals surface area contributed by atoms with E-state index in [1.807, 2.05) is 6.07 Å². The van der Waals surface area contributed by atoms with Crippen molar-refractivity contribution in [1.29, 1.82) is 0 Å². The molecule has 0 bridgehead atoms. The fourth-order valence-corrected chi connectivity index (χ4v) is 2.25. The van der Waals surface area contributed by atoms with Crippen molar-refractivity contribution in [3.05, 3.63) is 76.6 Å². The smallest absolute Gasteiger partial charge is 0.338 e. The molecule has 0 fully saturated rings. The second kappa shape index (κ2) is 7.39. The lowest BCUT2D eigenvalue weighted by Crippen LogP contribution is -2.21. The van der Waals surface area contributed by atoms with Crippen LogP contribution in [0.3, 0.4) is 0 Å². The summed E-state index contributed by atoms with van der Waals surface area (Å²) in [6, 6.07) is 16.3. The van der Waals surface area contributed by atoms with Crippen LogP contribution in [0.2, 0.25) is 0 Å². The average molecular weight is 352 g/mol. The highest BCUT2D eigenvalue weighted by atomic mass is 16.5. The Bertz CT molecular complexity index is 974. The number of aromatic amines is 1. The van der Waals surface area contributed by atoms with Crippen molar-refractivity contribution in [2.45, 2.75) is 0 Å². The molecule has 0 aliphatic heterocycles. The summed E-state index contributed by atoms with van der Waals surface area (Å²) in [6.45, 7) is -0.484. The van der Waals surface area contributed by atoms with Gasteiger partial charge < -0.3 is 15.8 Å². The number of hydrogen-bond acceptors (Lipinski definition) is 5. The molecule has 4 N–H and O–H groups in total. The lowest BCUT2D eigenvalue weighted by Gasteiger charge is -2.06. The van der Waals surface area contributed by atoms with Gasteiger partial charge in [-0.3, -0.25) is 14.7 Å². The Labute approximate surface area is 148 Å². The van der Waals surface area contributed by atoms with Gasteiger partial charge in [0.15, 0.2) is 6.61 Å². The molecule has 8 nitrogen and oxygen atoms in total. The quantitative estimate of drug-likeness (QED) is 0.475. The monoisotopic (exact) mass is 352 g/mol. The number of H-pyrrole nitrogens is 1. The lowest BCUT2D eigenvalue weighted by atomic mass is 10.2. The van der Waals surface area contributed by atoms with Crippen molar-refractivity contribution < 1.29 is 14.3 Å². The van der Waals surface area contributed by atoms with Gasteiger partial charge in [-0.05, 0) is 36.4 Å². The van der Waals surface area contributed by atoms with Crippen LogP contribution in [0.25, 0.3) is 5.69 Å². The molecule has 0 aliphatic rings. The van der Waals surface area contributed by atoms with Crippen LogP contribution < -0.4 is 16.6 Å². The van der Waals surface area contributed by atoms with Crippen molar-refractivity contribution in [2.24, 2.45) is 0 Å². The molecular formula is C18H16N4O4. The third-order valence-electron chi connectivity index (χ3n) is 3.49. The van der Waals surface area contributed by atoms with E-state index in [4.69, 9.17) is 10.5 Å². The highest BCUT2D eigenvalue weighted by Crippen LogP contribution is 2.08. The van der Waals surface area contributed by atoms with Crippen LogP contribution in [-0.4, -0.2) is 28.3 Å². The van der Waals surface area contributed by atoms with Gasteiger partial charge in [0.25, 0.3) is 11.5 Å². The molecule has 0 radical (unpaired) electrons. The van der Waals surface area contributed by atoms with E-state index in [1.54, 1.807) is 36.4 Å². The molecule has 0 saturated heterocycles. The molecule has 1 amide bonds. The van der Waals surface area contributed by atoms with Crippen LogP contribution in [0.5, 0.6) is 0 Å². The number of aromatic nitrogens is 2. The van der Waals surface area contributed by atoms with Gasteiger partial charge in [-0.25, -0.2) is 9.48 Å². The number of anilines is 2. The van der Waals surface area contributed by atoms with Gasteiger partial charge in [0.2, 0.25) is 0 Å². The van der Waals surface area contributed by atoms with Gasteiger partial charge in [-0.1, -0.05) is 18.2 Å². The molecule has 0 atom stereocenters. The van der Waals surface area contributed by atoms with Crippen LogP contribution in [0.15, 0.2) is 65.5 Å². The van der Waals surface area contributed by atoms with E-state index in [9.17, 15) is 14.4 Å². The molecule has 0 spiro atoms. The Balaban J connectivity index is 1.59. The van der Waals surface area contributed by atoms with Gasteiger partial charge in [0, 0.05) is 11.8 Å². The number of nitrogens with two attached hydrogens (primary N) is 1. The van der Waals surface area contributed by atoms with E-state index in [0.717, 1.165) is 0 Å². The largest absolute Gasteiger partial charge is 0.452 e. The Morgan fingerprint density at radius 3 is 2.46 bits per heavy atom. The van der Waals surface area contributed by atoms with E-state index in [0.29, 0.717) is 11.4 Å². The number of carbonyl (C=O) groups is 2. The second-order valence-corrected chi connectivity index (χ2v) is 5.43. The van der Waals surface area contributed by atoms with Crippen LogP contribution in [0.1, 0.15) is 10.4 Å². The molecule has 132 valence electrons. The fraction of sp³-hybridized carbons (Fsp3) is 0.0556. The zero-order chi connectivity index (χ0) is 18.5. The molecule has 0 saturated carbocycles. The number of esters is 1. The van der Waals surface area contributed by atoms with Crippen molar-refractivity contribution in [3.8, 4) is 5.69 Å². The SMILES string of the molecule is Nc1ccc(C(=O)OCC(=O)Nc2cc(=O)n(-c3ccccc3)[nH]2)cc1. The molecule has 3 aromatic rings. The van der Waals surface area contributed by atoms with Crippen LogP contribution in [-0.2, 0) is 9.53 Å². The van der Waals surface area contributed by atoms with Gasteiger partial charge >= 0.3 is 5.97 Å². The Morgan fingerprint density at radius 2 is 1.77 bits per heavy atom. The molecule has 1 aromatic heterocycles. The van der Waals surface area contributed by atoms with Crippen molar-refractivity contribution >= 4 is 23.4 Å². The number of rotatable bonds is 5. The Hall–Kier alpha value is -3.81. The molecule has 1 heterocycles. The summed E-state index contributed by atoms with van der Waals surface area (Å²) in [4.78, 5) is 35.8. The predicted octanol–water partition coefficient (Wildman–Crippen LogP) is 1.54. The lowest BCUT2D eigenvalue weighted by molar-refractivity contribution is -0.119. The van der Waals surface area contributed by atoms with E-state index in [-0.39, 0.29) is 16.9 Å². The number of hydrogen-bond donors (Lipinski definition) is 3. The maximum absolute atomic E-state index is 12.0. The molecule has 2 aromatic carbocycles. The molecule has 0 aliphatic carbocycles. The van der Waals surface area contributed by atoms with Gasteiger partial charge in [0.05, 0.1) is 11.3 Å². The molecule has 26 heavy (non-hydrogen) atoms. The molecular weight excluding hydrogens is 336 g/mol. The zero-order valence-electron chi connectivity index (χ0n) is 13.6. The summed E-state index contributed by atoms with van der Waals surface area (Å²) >= 11 is 0. The van der Waals surface area contributed by atoms with E-state index in [1.165, 1.54) is 22.9 Å². The van der Waals surface area contributed by atoms with Gasteiger partial charge in [-0.2, -0.15) is 0 Å². The number of carbonyl (C=O) groups excluding carboxylic acids is 2. The summed E-state index contributed by atoms with van der Waals surface area (Å²) in [5, 5.41) is 5.25. The number of nitrogens with one attached hydrogen (secondary N) is 2. The first kappa shape index (κ1) is 17.0. The number of benzene rings is 2. The summed E-state index contributed by atoms with van der Waals surface area (Å²) < 4.78 is 6.22. The second-order valence-electron chi connectivity index (χ2n) is 5.43. The highest BCUT2D eigenvalue weighted by Gasteiger charge is 2.12. The predicted molar refractivity (Wildman–Crippen MR) is 96.2 cm³/mol. The zero-order valence-corrected chi connectivity index (χ0v) is 13.6. The standard InChI is InChI=1S/C18H16N4O4/c19-13-8-6-12(7-9-13)18(25)26-11-16(23)20-15-10-17(24)22(21-15)14-4-2-1-3-5-14/h1-10,21H,11,19H2,(H,20,23). The average Bonchev–Trinajstić information content (AvgIpc) is 3.01. The summed E-state index contributed by atoms with van der Waals surface area (Å²) in [5.74, 6) is -1.02.